The van der Waals surface area contributed by atoms with Crippen LogP contribution >= 0.6 is 0 Å². The van der Waals surface area contributed by atoms with Crippen LogP contribution in [0.1, 0.15) is 29.1 Å². The molecule has 0 spiro atoms. The molecule has 2 aromatic carbocycles. The number of hydrogen-bond acceptors (Lipinski definition) is 4. The van der Waals surface area contributed by atoms with E-state index in [2.05, 4.69) is 15.5 Å². The van der Waals surface area contributed by atoms with Gasteiger partial charge in [0, 0.05) is 5.56 Å². The van der Waals surface area contributed by atoms with Crippen LogP contribution in [0.3, 0.4) is 0 Å². The van der Waals surface area contributed by atoms with Gasteiger partial charge in [0.05, 0.1) is 6.04 Å². The summed E-state index contributed by atoms with van der Waals surface area (Å²) < 4.78 is 30.9. The highest BCUT2D eigenvalue weighted by Crippen LogP contribution is 2.18. The van der Waals surface area contributed by atoms with Gasteiger partial charge in [-0.25, -0.2) is 8.78 Å². The Bertz CT molecular complexity index is 845. The SMILES string of the molecule is CC(NC(=O)c1noc(-c2ccc(F)cc2)n1)c1ccc(F)cc1. The molecule has 1 N–H and O–H groups in total. The van der Waals surface area contributed by atoms with Crippen molar-refractivity contribution in [3.8, 4) is 11.5 Å². The lowest BCUT2D eigenvalue weighted by Crippen LogP contribution is -2.27. The zero-order chi connectivity index (χ0) is 17.1. The molecule has 1 amide bonds. The lowest BCUT2D eigenvalue weighted by molar-refractivity contribution is 0.0926. The van der Waals surface area contributed by atoms with E-state index >= 15 is 0 Å². The molecule has 0 aliphatic carbocycles. The van der Waals surface area contributed by atoms with Crippen LogP contribution in [-0.2, 0) is 0 Å². The molecule has 0 bridgehead atoms. The van der Waals surface area contributed by atoms with Gasteiger partial charge in [-0.1, -0.05) is 17.3 Å². The number of amides is 1. The van der Waals surface area contributed by atoms with Crippen molar-refractivity contribution < 1.29 is 18.1 Å². The molecule has 7 heteroatoms. The van der Waals surface area contributed by atoms with Crippen molar-refractivity contribution in [1.29, 1.82) is 0 Å². The first kappa shape index (κ1) is 15.8. The summed E-state index contributed by atoms with van der Waals surface area (Å²) in [5.74, 6) is -1.27. The van der Waals surface area contributed by atoms with Crippen molar-refractivity contribution >= 4 is 5.91 Å². The number of carbonyl (C=O) groups excluding carboxylic acids is 1. The number of aromatic nitrogens is 2. The fourth-order valence-electron chi connectivity index (χ4n) is 2.12. The Hall–Kier alpha value is -3.09. The maximum Gasteiger partial charge on any atom is 0.293 e. The van der Waals surface area contributed by atoms with Crippen molar-refractivity contribution in [3.05, 3.63) is 71.6 Å². The average molecular weight is 329 g/mol. The highest BCUT2D eigenvalue weighted by atomic mass is 19.1. The Morgan fingerprint density at radius 3 is 2.25 bits per heavy atom. The van der Waals surface area contributed by atoms with Crippen LogP contribution < -0.4 is 5.32 Å². The lowest BCUT2D eigenvalue weighted by Gasteiger charge is -2.12. The third-order valence-electron chi connectivity index (χ3n) is 3.44. The largest absolute Gasteiger partial charge is 0.343 e. The summed E-state index contributed by atoms with van der Waals surface area (Å²) in [6.45, 7) is 1.76. The Morgan fingerprint density at radius 1 is 1.04 bits per heavy atom. The molecule has 3 aromatic rings. The maximum absolute atomic E-state index is 12.9. The molecular formula is C17H13F2N3O2. The summed E-state index contributed by atoms with van der Waals surface area (Å²) in [5.41, 5.74) is 1.25. The fourth-order valence-corrected chi connectivity index (χ4v) is 2.12. The summed E-state index contributed by atoms with van der Waals surface area (Å²) in [4.78, 5) is 16.2. The predicted molar refractivity (Wildman–Crippen MR) is 82.0 cm³/mol. The smallest absolute Gasteiger partial charge is 0.293 e. The monoisotopic (exact) mass is 329 g/mol. The van der Waals surface area contributed by atoms with E-state index < -0.39 is 5.91 Å². The number of nitrogens with one attached hydrogen (secondary N) is 1. The minimum absolute atomic E-state index is 0.120. The lowest BCUT2D eigenvalue weighted by atomic mass is 10.1. The molecule has 1 aromatic heterocycles. The van der Waals surface area contributed by atoms with E-state index in [0.29, 0.717) is 5.56 Å². The van der Waals surface area contributed by atoms with Gasteiger partial charge in [-0.3, -0.25) is 4.79 Å². The third kappa shape index (κ3) is 3.45. The standard InChI is InChI=1S/C17H13F2N3O2/c1-10(11-2-6-13(18)7-3-11)20-16(23)15-21-17(24-22-15)12-4-8-14(19)9-5-12/h2-10H,1H3,(H,20,23). The summed E-state index contributed by atoms with van der Waals surface area (Å²) >= 11 is 0. The molecule has 0 aliphatic heterocycles. The van der Waals surface area contributed by atoms with Gasteiger partial charge in [0.2, 0.25) is 0 Å². The Balaban J connectivity index is 1.71. The fraction of sp³-hybridized carbons (Fsp3) is 0.118. The Labute approximate surface area is 136 Å². The normalized spacial score (nSPS) is 12.0. The topological polar surface area (TPSA) is 68.0 Å². The van der Waals surface area contributed by atoms with E-state index in [9.17, 15) is 13.6 Å². The Kier molecular flexibility index (Phi) is 4.33. The molecule has 24 heavy (non-hydrogen) atoms. The van der Waals surface area contributed by atoms with E-state index in [1.807, 2.05) is 0 Å². The van der Waals surface area contributed by atoms with Crippen molar-refractivity contribution in [1.82, 2.24) is 15.5 Å². The molecule has 0 aliphatic rings. The highest BCUT2D eigenvalue weighted by Gasteiger charge is 2.18. The van der Waals surface area contributed by atoms with Crippen LogP contribution in [0.25, 0.3) is 11.5 Å². The zero-order valence-electron chi connectivity index (χ0n) is 12.7. The van der Waals surface area contributed by atoms with Gasteiger partial charge in [0.15, 0.2) is 0 Å². The number of hydrogen-bond donors (Lipinski definition) is 1. The second-order valence-corrected chi connectivity index (χ2v) is 5.18. The molecule has 3 rings (SSSR count). The number of carbonyl (C=O) groups is 1. The first-order valence-corrected chi connectivity index (χ1v) is 7.19. The quantitative estimate of drug-likeness (QED) is 0.795. The highest BCUT2D eigenvalue weighted by molar-refractivity contribution is 5.90. The van der Waals surface area contributed by atoms with Crippen LogP contribution in [0.2, 0.25) is 0 Å². The van der Waals surface area contributed by atoms with Gasteiger partial charge in [-0.2, -0.15) is 4.98 Å². The van der Waals surface area contributed by atoms with Crippen LogP contribution in [0.5, 0.6) is 0 Å². The molecular weight excluding hydrogens is 316 g/mol. The summed E-state index contributed by atoms with van der Waals surface area (Å²) in [6.07, 6.45) is 0. The van der Waals surface area contributed by atoms with E-state index in [1.165, 1.54) is 36.4 Å². The van der Waals surface area contributed by atoms with Crippen molar-refractivity contribution in [2.75, 3.05) is 0 Å². The molecule has 1 heterocycles. The van der Waals surface area contributed by atoms with Crippen molar-refractivity contribution in [3.63, 3.8) is 0 Å². The minimum atomic E-state index is -0.524. The van der Waals surface area contributed by atoms with Gasteiger partial charge < -0.3 is 9.84 Å². The van der Waals surface area contributed by atoms with Gasteiger partial charge in [-0.05, 0) is 48.9 Å². The third-order valence-corrected chi connectivity index (χ3v) is 3.44. The molecule has 122 valence electrons. The molecule has 0 radical (unpaired) electrons. The van der Waals surface area contributed by atoms with Crippen LogP contribution in [-0.4, -0.2) is 16.0 Å². The van der Waals surface area contributed by atoms with Gasteiger partial charge in [0.1, 0.15) is 11.6 Å². The van der Waals surface area contributed by atoms with Crippen molar-refractivity contribution in [2.24, 2.45) is 0 Å². The zero-order valence-corrected chi connectivity index (χ0v) is 12.7. The number of nitrogens with zero attached hydrogens (tertiary/aromatic N) is 2. The molecule has 5 nitrogen and oxygen atoms in total. The number of rotatable bonds is 4. The van der Waals surface area contributed by atoms with Crippen LogP contribution in [0, 0.1) is 11.6 Å². The molecule has 0 saturated heterocycles. The summed E-state index contributed by atoms with van der Waals surface area (Å²) in [7, 11) is 0. The first-order chi connectivity index (χ1) is 11.5. The second kappa shape index (κ2) is 6.57. The van der Waals surface area contributed by atoms with Crippen LogP contribution in [0.15, 0.2) is 53.1 Å². The molecule has 1 unspecified atom stereocenters. The Morgan fingerprint density at radius 2 is 1.62 bits per heavy atom. The first-order valence-electron chi connectivity index (χ1n) is 7.19. The summed E-state index contributed by atoms with van der Waals surface area (Å²) in [5, 5.41) is 6.32. The van der Waals surface area contributed by atoms with Gasteiger partial charge >= 0.3 is 0 Å². The molecule has 0 saturated carbocycles. The number of halogens is 2. The second-order valence-electron chi connectivity index (χ2n) is 5.18. The van der Waals surface area contributed by atoms with Crippen LogP contribution in [0.4, 0.5) is 8.78 Å². The van der Waals surface area contributed by atoms with Gasteiger partial charge in [0.25, 0.3) is 17.6 Å². The minimum Gasteiger partial charge on any atom is -0.343 e. The van der Waals surface area contributed by atoms with E-state index in [-0.39, 0.29) is 29.4 Å². The van der Waals surface area contributed by atoms with Gasteiger partial charge in [-0.15, -0.1) is 0 Å². The van der Waals surface area contributed by atoms with E-state index in [1.54, 1.807) is 19.1 Å². The molecule has 0 fully saturated rings. The van der Waals surface area contributed by atoms with E-state index in [0.717, 1.165) is 5.56 Å². The van der Waals surface area contributed by atoms with Crippen molar-refractivity contribution in [2.45, 2.75) is 13.0 Å². The van der Waals surface area contributed by atoms with E-state index in [4.69, 9.17) is 4.52 Å². The predicted octanol–water partition coefficient (Wildman–Crippen LogP) is 3.51. The summed E-state index contributed by atoms with van der Waals surface area (Å²) in [6, 6.07) is 10.9. The molecule has 1 atom stereocenters. The average Bonchev–Trinajstić information content (AvgIpc) is 3.06. The number of benzene rings is 2. The maximum atomic E-state index is 12.9.